The van der Waals surface area contributed by atoms with Crippen molar-refractivity contribution in [2.45, 2.75) is 13.0 Å². The third-order valence-electron chi connectivity index (χ3n) is 1.60. The second-order valence-electron chi connectivity index (χ2n) is 2.62. The molecule has 0 atom stereocenters. The van der Waals surface area contributed by atoms with Gasteiger partial charge >= 0.3 is 5.97 Å². The van der Waals surface area contributed by atoms with Crippen LogP contribution in [0.2, 0.25) is 0 Å². The number of carboxylic acid groups (broad SMARTS) is 1. The first kappa shape index (κ1) is 10.1. The van der Waals surface area contributed by atoms with Gasteiger partial charge < -0.3 is 5.11 Å². The van der Waals surface area contributed by atoms with Crippen LogP contribution in [-0.2, 0) is 6.54 Å². The van der Waals surface area contributed by atoms with E-state index in [9.17, 15) is 4.79 Å². The van der Waals surface area contributed by atoms with Crippen LogP contribution in [0.15, 0.2) is 12.3 Å². The zero-order valence-electron chi connectivity index (χ0n) is 7.43. The minimum atomic E-state index is -0.969. The van der Waals surface area contributed by atoms with Gasteiger partial charge in [-0.25, -0.2) is 4.79 Å². The van der Waals surface area contributed by atoms with E-state index in [0.717, 1.165) is 18.7 Å². The first-order valence-corrected chi connectivity index (χ1v) is 5.39. The summed E-state index contributed by atoms with van der Waals surface area (Å²) in [5.41, 5.74) is 0.115. The number of aromatic carboxylic acids is 1. The van der Waals surface area contributed by atoms with E-state index in [1.807, 2.05) is 6.26 Å². The van der Waals surface area contributed by atoms with Crippen molar-refractivity contribution >= 4 is 17.7 Å². The van der Waals surface area contributed by atoms with E-state index in [1.165, 1.54) is 6.07 Å². The summed E-state index contributed by atoms with van der Waals surface area (Å²) in [4.78, 5) is 10.5. The Kier molecular flexibility index (Phi) is 3.82. The second-order valence-corrected chi connectivity index (χ2v) is 3.60. The molecule has 0 unspecified atom stereocenters. The lowest BCUT2D eigenvalue weighted by Gasteiger charge is -1.98. The number of carboxylic acids is 1. The molecule has 0 spiro atoms. The average Bonchev–Trinajstić information content (AvgIpc) is 2.53. The first-order valence-electron chi connectivity index (χ1n) is 3.99. The van der Waals surface area contributed by atoms with Crippen molar-refractivity contribution < 1.29 is 9.90 Å². The van der Waals surface area contributed by atoms with Crippen LogP contribution in [0.5, 0.6) is 0 Å². The number of aryl methyl sites for hydroxylation is 1. The maximum Gasteiger partial charge on any atom is 0.356 e. The first-order chi connectivity index (χ1) is 6.24. The van der Waals surface area contributed by atoms with Gasteiger partial charge in [0.2, 0.25) is 0 Å². The largest absolute Gasteiger partial charge is 0.476 e. The smallest absolute Gasteiger partial charge is 0.356 e. The summed E-state index contributed by atoms with van der Waals surface area (Å²) in [5.74, 6) is 0.103. The topological polar surface area (TPSA) is 55.1 Å². The number of hydrogen-bond acceptors (Lipinski definition) is 3. The van der Waals surface area contributed by atoms with Gasteiger partial charge in [0.25, 0.3) is 0 Å². The molecule has 0 amide bonds. The highest BCUT2D eigenvalue weighted by Gasteiger charge is 2.05. The van der Waals surface area contributed by atoms with E-state index in [1.54, 1.807) is 22.6 Å². The SMILES string of the molecule is CSCCCn1ccc(C(=O)O)n1. The Morgan fingerprint density at radius 1 is 1.77 bits per heavy atom. The molecule has 0 saturated carbocycles. The Morgan fingerprint density at radius 2 is 2.54 bits per heavy atom. The van der Waals surface area contributed by atoms with E-state index in [2.05, 4.69) is 5.10 Å². The van der Waals surface area contributed by atoms with Crippen molar-refractivity contribution in [1.82, 2.24) is 9.78 Å². The Hall–Kier alpha value is -0.970. The van der Waals surface area contributed by atoms with Gasteiger partial charge in [-0.05, 0) is 24.5 Å². The average molecular weight is 200 g/mol. The standard InChI is InChI=1S/C8H12N2O2S/c1-13-6-2-4-10-5-3-7(9-10)8(11)12/h3,5H,2,4,6H2,1H3,(H,11,12). The summed E-state index contributed by atoms with van der Waals surface area (Å²) < 4.78 is 1.67. The van der Waals surface area contributed by atoms with Crippen molar-refractivity contribution in [3.05, 3.63) is 18.0 Å². The van der Waals surface area contributed by atoms with Gasteiger partial charge in [0, 0.05) is 12.7 Å². The molecule has 1 rings (SSSR count). The van der Waals surface area contributed by atoms with E-state index >= 15 is 0 Å². The molecular weight excluding hydrogens is 188 g/mol. The fourth-order valence-corrected chi connectivity index (χ4v) is 1.39. The Labute approximate surface area is 80.9 Å². The van der Waals surface area contributed by atoms with Gasteiger partial charge in [0.15, 0.2) is 5.69 Å². The number of thioether (sulfide) groups is 1. The van der Waals surface area contributed by atoms with Crippen LogP contribution in [0.1, 0.15) is 16.9 Å². The monoisotopic (exact) mass is 200 g/mol. The number of hydrogen-bond donors (Lipinski definition) is 1. The summed E-state index contributed by atoms with van der Waals surface area (Å²) >= 11 is 1.78. The molecule has 0 aromatic carbocycles. The molecule has 1 aromatic rings. The van der Waals surface area contributed by atoms with Gasteiger partial charge in [-0.1, -0.05) is 0 Å². The lowest BCUT2D eigenvalue weighted by molar-refractivity contribution is 0.0689. The molecule has 0 bridgehead atoms. The van der Waals surface area contributed by atoms with Crippen molar-refractivity contribution in [3.8, 4) is 0 Å². The van der Waals surface area contributed by atoms with E-state index in [0.29, 0.717) is 0 Å². The summed E-state index contributed by atoms with van der Waals surface area (Å²) in [6.07, 6.45) is 4.76. The van der Waals surface area contributed by atoms with Crippen LogP contribution >= 0.6 is 11.8 Å². The van der Waals surface area contributed by atoms with Gasteiger partial charge in [-0.3, -0.25) is 4.68 Å². The van der Waals surface area contributed by atoms with E-state index in [-0.39, 0.29) is 5.69 Å². The molecule has 0 aliphatic heterocycles. The Balaban J connectivity index is 2.44. The van der Waals surface area contributed by atoms with Gasteiger partial charge in [0.05, 0.1) is 0 Å². The fraction of sp³-hybridized carbons (Fsp3) is 0.500. The predicted octanol–water partition coefficient (Wildman–Crippen LogP) is 1.33. The van der Waals surface area contributed by atoms with Crippen LogP contribution in [0.4, 0.5) is 0 Å². The molecule has 0 radical (unpaired) electrons. The van der Waals surface area contributed by atoms with Crippen molar-refractivity contribution in [3.63, 3.8) is 0 Å². The normalized spacial score (nSPS) is 10.2. The zero-order valence-corrected chi connectivity index (χ0v) is 8.25. The van der Waals surface area contributed by atoms with Crippen LogP contribution in [0, 0.1) is 0 Å². The molecule has 72 valence electrons. The van der Waals surface area contributed by atoms with Gasteiger partial charge in [-0.2, -0.15) is 16.9 Å². The van der Waals surface area contributed by atoms with Crippen molar-refractivity contribution in [1.29, 1.82) is 0 Å². The molecule has 0 aliphatic carbocycles. The third-order valence-corrected chi connectivity index (χ3v) is 2.29. The predicted molar refractivity (Wildman–Crippen MR) is 52.2 cm³/mol. The third kappa shape index (κ3) is 3.10. The van der Waals surface area contributed by atoms with Gasteiger partial charge in [0.1, 0.15) is 0 Å². The molecule has 1 heterocycles. The molecule has 0 aliphatic rings. The highest BCUT2D eigenvalue weighted by atomic mass is 32.2. The summed E-state index contributed by atoms with van der Waals surface area (Å²) in [5, 5.41) is 12.5. The van der Waals surface area contributed by atoms with Crippen molar-refractivity contribution in [2.75, 3.05) is 12.0 Å². The van der Waals surface area contributed by atoms with Crippen LogP contribution < -0.4 is 0 Å². The van der Waals surface area contributed by atoms with Crippen molar-refractivity contribution in [2.24, 2.45) is 0 Å². The zero-order chi connectivity index (χ0) is 9.68. The number of nitrogens with zero attached hydrogens (tertiary/aromatic N) is 2. The lowest BCUT2D eigenvalue weighted by Crippen LogP contribution is -2.03. The minimum Gasteiger partial charge on any atom is -0.476 e. The molecular formula is C8H12N2O2S. The maximum absolute atomic E-state index is 10.5. The maximum atomic E-state index is 10.5. The number of aromatic nitrogens is 2. The highest BCUT2D eigenvalue weighted by molar-refractivity contribution is 7.98. The Bertz CT molecular complexity index is 285. The molecule has 0 fully saturated rings. The molecule has 1 aromatic heterocycles. The summed E-state index contributed by atoms with van der Waals surface area (Å²) in [7, 11) is 0. The summed E-state index contributed by atoms with van der Waals surface area (Å²) in [6.45, 7) is 0.786. The van der Waals surface area contributed by atoms with Gasteiger partial charge in [-0.15, -0.1) is 0 Å². The molecule has 13 heavy (non-hydrogen) atoms. The molecule has 4 nitrogen and oxygen atoms in total. The Morgan fingerprint density at radius 3 is 3.08 bits per heavy atom. The quantitative estimate of drug-likeness (QED) is 0.729. The van der Waals surface area contributed by atoms with E-state index < -0.39 is 5.97 Å². The van der Waals surface area contributed by atoms with E-state index in [4.69, 9.17) is 5.11 Å². The van der Waals surface area contributed by atoms with Crippen LogP contribution in [0.25, 0.3) is 0 Å². The number of rotatable bonds is 5. The lowest BCUT2D eigenvalue weighted by atomic mass is 10.4. The molecule has 0 saturated heterocycles. The van der Waals surface area contributed by atoms with Crippen LogP contribution in [-0.4, -0.2) is 32.9 Å². The number of carbonyl (C=O) groups is 1. The highest BCUT2D eigenvalue weighted by Crippen LogP contribution is 2.00. The minimum absolute atomic E-state index is 0.115. The second kappa shape index (κ2) is 4.91. The molecule has 1 N–H and O–H groups in total. The fourth-order valence-electron chi connectivity index (χ4n) is 0.971. The van der Waals surface area contributed by atoms with Crippen LogP contribution in [0.3, 0.4) is 0 Å². The summed E-state index contributed by atoms with van der Waals surface area (Å²) in [6, 6.07) is 1.52. The molecule has 5 heteroatoms.